The van der Waals surface area contributed by atoms with E-state index in [0.717, 1.165) is 0 Å². The van der Waals surface area contributed by atoms with Crippen LogP contribution < -0.4 is 0 Å². The molecule has 0 aromatic carbocycles. The molecule has 2 fully saturated rings. The van der Waals surface area contributed by atoms with Crippen LogP contribution in [0.4, 0.5) is 0 Å². The van der Waals surface area contributed by atoms with E-state index in [9.17, 15) is 0 Å². The molecule has 0 spiro atoms. The summed E-state index contributed by atoms with van der Waals surface area (Å²) in [5, 5.41) is 0. The first-order valence-corrected chi connectivity index (χ1v) is 7.87. The first-order chi connectivity index (χ1) is 7.99. The van der Waals surface area contributed by atoms with Crippen LogP contribution in [0.2, 0.25) is 0 Å². The second-order valence-electron chi connectivity index (χ2n) is 6.23. The van der Waals surface area contributed by atoms with Gasteiger partial charge in [-0.25, -0.2) is 0 Å². The summed E-state index contributed by atoms with van der Waals surface area (Å²) in [5.41, 5.74) is 5.40. The van der Waals surface area contributed by atoms with Crippen molar-refractivity contribution in [3.8, 4) is 0 Å². The average Bonchev–Trinajstić information content (AvgIpc) is 2.59. The third-order valence-corrected chi connectivity index (χ3v) is 7.40. The molecule has 2 saturated carbocycles. The Morgan fingerprint density at radius 3 is 2.65 bits per heavy atom. The predicted molar refractivity (Wildman–Crippen MR) is 82.4 cm³/mol. The highest BCUT2D eigenvalue weighted by Gasteiger charge is 2.59. The summed E-state index contributed by atoms with van der Waals surface area (Å²) < 4.78 is 0.498. The lowest BCUT2D eigenvalue weighted by molar-refractivity contribution is 0.442. The quantitative estimate of drug-likeness (QED) is 0.454. The topological polar surface area (TPSA) is 0 Å². The van der Waals surface area contributed by atoms with Gasteiger partial charge in [0.1, 0.15) is 0 Å². The van der Waals surface area contributed by atoms with E-state index in [2.05, 4.69) is 61.6 Å². The van der Waals surface area contributed by atoms with Gasteiger partial charge in [0.25, 0.3) is 0 Å². The minimum Gasteiger partial charge on any atom is -0.0775 e. The number of allylic oxidation sites excluding steroid dienone is 6. The molecular weight excluding hydrogens is 319 g/mol. The van der Waals surface area contributed by atoms with Crippen LogP contribution in [0.1, 0.15) is 46.5 Å². The van der Waals surface area contributed by atoms with E-state index in [4.69, 9.17) is 0 Å². The van der Waals surface area contributed by atoms with Crippen LogP contribution >= 0.6 is 22.6 Å². The van der Waals surface area contributed by atoms with Crippen molar-refractivity contribution in [1.82, 2.24) is 0 Å². The van der Waals surface area contributed by atoms with Crippen LogP contribution in [0.25, 0.3) is 0 Å². The van der Waals surface area contributed by atoms with E-state index in [1.807, 2.05) is 0 Å². The molecule has 0 radical (unpaired) electrons. The van der Waals surface area contributed by atoms with Gasteiger partial charge in [0.05, 0.1) is 0 Å². The molecule has 17 heavy (non-hydrogen) atoms. The number of hydrogen-bond donors (Lipinski definition) is 0. The second-order valence-corrected chi connectivity index (χ2v) is 8.29. The van der Waals surface area contributed by atoms with Gasteiger partial charge in [-0.3, -0.25) is 0 Å². The van der Waals surface area contributed by atoms with Crippen molar-refractivity contribution >= 4 is 22.6 Å². The van der Waals surface area contributed by atoms with Crippen molar-refractivity contribution in [2.75, 3.05) is 0 Å². The molecule has 0 aromatic heterocycles. The van der Waals surface area contributed by atoms with Crippen LogP contribution in [0.5, 0.6) is 0 Å². The van der Waals surface area contributed by atoms with Crippen LogP contribution in [-0.2, 0) is 0 Å². The third-order valence-electron chi connectivity index (χ3n) is 5.25. The van der Waals surface area contributed by atoms with E-state index < -0.39 is 0 Å². The Morgan fingerprint density at radius 2 is 1.94 bits per heavy atom. The van der Waals surface area contributed by atoms with Gasteiger partial charge in [-0.05, 0) is 37.2 Å². The van der Waals surface area contributed by atoms with Gasteiger partial charge in [0.15, 0.2) is 0 Å². The number of rotatable bonds is 1. The molecule has 0 nitrogen and oxygen atoms in total. The lowest BCUT2D eigenvalue weighted by Crippen LogP contribution is -2.32. The summed E-state index contributed by atoms with van der Waals surface area (Å²) in [6.45, 7) is 7.18. The fourth-order valence-electron chi connectivity index (χ4n) is 4.13. The second kappa shape index (κ2) is 3.72. The molecule has 3 aliphatic carbocycles. The predicted octanol–water partition coefficient (Wildman–Crippen LogP) is 5.20. The molecule has 0 N–H and O–H groups in total. The van der Waals surface area contributed by atoms with Crippen LogP contribution in [0, 0.1) is 11.3 Å². The van der Waals surface area contributed by atoms with E-state index in [0.29, 0.717) is 14.8 Å². The summed E-state index contributed by atoms with van der Waals surface area (Å²) >= 11 is 2.77. The van der Waals surface area contributed by atoms with E-state index in [1.54, 1.807) is 16.7 Å². The maximum absolute atomic E-state index is 2.77. The lowest BCUT2D eigenvalue weighted by Gasteiger charge is -2.36. The van der Waals surface area contributed by atoms with Crippen molar-refractivity contribution in [1.29, 1.82) is 0 Å². The first kappa shape index (κ1) is 12.0. The van der Waals surface area contributed by atoms with Gasteiger partial charge in [-0.2, -0.15) is 0 Å². The Hall–Kier alpha value is -0.0500. The highest BCUT2D eigenvalue weighted by molar-refractivity contribution is 14.1. The number of halogens is 1. The van der Waals surface area contributed by atoms with Gasteiger partial charge < -0.3 is 0 Å². The summed E-state index contributed by atoms with van der Waals surface area (Å²) in [6.07, 6.45) is 12.4. The molecule has 2 unspecified atom stereocenters. The van der Waals surface area contributed by atoms with E-state index in [1.165, 1.54) is 25.7 Å². The molecule has 1 heteroatoms. The molecule has 0 heterocycles. The normalized spacial score (nSPS) is 39.7. The highest BCUT2D eigenvalue weighted by atomic mass is 127. The van der Waals surface area contributed by atoms with Crippen molar-refractivity contribution in [3.05, 3.63) is 34.9 Å². The Balaban J connectivity index is 2.24. The average molecular weight is 340 g/mol. The molecule has 2 atom stereocenters. The molecule has 3 aliphatic rings. The van der Waals surface area contributed by atoms with Crippen molar-refractivity contribution in [2.45, 2.75) is 49.9 Å². The SMILES string of the molecule is CC(C)C1=C2CCC3(I)CCC(=CC=C1)C23C. The molecule has 0 bridgehead atoms. The molecule has 0 aliphatic heterocycles. The fraction of sp³-hybridized carbons (Fsp3) is 0.625. The van der Waals surface area contributed by atoms with Crippen molar-refractivity contribution < 1.29 is 0 Å². The molecule has 0 aromatic rings. The third kappa shape index (κ3) is 1.41. The molecule has 0 saturated heterocycles. The first-order valence-electron chi connectivity index (χ1n) is 6.79. The zero-order valence-electron chi connectivity index (χ0n) is 11.0. The van der Waals surface area contributed by atoms with Gasteiger partial charge in [0, 0.05) is 8.84 Å². The smallest absolute Gasteiger partial charge is 0.0356 e. The van der Waals surface area contributed by atoms with E-state index >= 15 is 0 Å². The summed E-state index contributed by atoms with van der Waals surface area (Å²) in [7, 11) is 0. The van der Waals surface area contributed by atoms with Crippen LogP contribution in [0.3, 0.4) is 0 Å². The Morgan fingerprint density at radius 1 is 1.24 bits per heavy atom. The largest absolute Gasteiger partial charge is 0.0775 e. The highest BCUT2D eigenvalue weighted by Crippen LogP contribution is 2.67. The Labute approximate surface area is 118 Å². The van der Waals surface area contributed by atoms with Gasteiger partial charge in [-0.15, -0.1) is 0 Å². The zero-order valence-corrected chi connectivity index (χ0v) is 13.2. The minimum atomic E-state index is 0.358. The van der Waals surface area contributed by atoms with Gasteiger partial charge >= 0.3 is 0 Å². The molecule has 3 rings (SSSR count). The molecule has 92 valence electrons. The summed E-state index contributed by atoms with van der Waals surface area (Å²) in [5.74, 6) is 0.658. The zero-order chi connectivity index (χ0) is 12.3. The number of alkyl halides is 1. The van der Waals surface area contributed by atoms with E-state index in [-0.39, 0.29) is 0 Å². The summed E-state index contributed by atoms with van der Waals surface area (Å²) in [4.78, 5) is 0. The maximum Gasteiger partial charge on any atom is 0.0356 e. The lowest BCUT2D eigenvalue weighted by atomic mass is 9.74. The summed E-state index contributed by atoms with van der Waals surface area (Å²) in [6, 6.07) is 0. The Bertz CT molecular complexity index is 452. The van der Waals surface area contributed by atoms with Crippen LogP contribution in [-0.4, -0.2) is 3.42 Å². The van der Waals surface area contributed by atoms with Gasteiger partial charge in [-0.1, -0.05) is 72.7 Å². The minimum absolute atomic E-state index is 0.358. The van der Waals surface area contributed by atoms with Crippen LogP contribution in [0.15, 0.2) is 34.9 Å². The Kier molecular flexibility index (Phi) is 2.63. The van der Waals surface area contributed by atoms with Crippen molar-refractivity contribution in [2.24, 2.45) is 11.3 Å². The van der Waals surface area contributed by atoms with Gasteiger partial charge in [0.2, 0.25) is 0 Å². The standard InChI is InChI=1S/C16H21I/c1-11(2)13-6-4-5-12-7-9-16(17)10-8-14(13)15(12,16)3/h4-6,11H,7-10H2,1-3H3. The molecular formula is C16H21I. The van der Waals surface area contributed by atoms with Crippen molar-refractivity contribution in [3.63, 3.8) is 0 Å². The maximum atomic E-state index is 2.77. The monoisotopic (exact) mass is 340 g/mol. The number of hydrogen-bond acceptors (Lipinski definition) is 0. The fourth-order valence-corrected chi connectivity index (χ4v) is 5.34. The molecule has 0 amide bonds.